The van der Waals surface area contributed by atoms with Crippen LogP contribution in [0.1, 0.15) is 23.8 Å². The first-order chi connectivity index (χ1) is 14.0. The van der Waals surface area contributed by atoms with E-state index >= 15 is 0 Å². The third-order valence-corrected chi connectivity index (χ3v) is 4.56. The third-order valence-electron chi connectivity index (χ3n) is 4.01. The number of rotatable bonds is 7. The number of halogens is 2. The van der Waals surface area contributed by atoms with Crippen molar-refractivity contribution in [2.45, 2.75) is 13.3 Å². The molecule has 2 aromatic heterocycles. The highest BCUT2D eigenvalue weighted by Crippen LogP contribution is 2.25. The van der Waals surface area contributed by atoms with E-state index in [-0.39, 0.29) is 18.1 Å². The lowest BCUT2D eigenvalue weighted by molar-refractivity contribution is -0.116. The summed E-state index contributed by atoms with van der Waals surface area (Å²) in [5.74, 6) is -0.327. The van der Waals surface area contributed by atoms with E-state index in [1.165, 1.54) is 11.0 Å². The SMILES string of the molecule is CCCN(CC(=O)Nc1ccc(Cl)cc1Cl)C(=O)c1cc(-c2ccncc2)on1. The largest absolute Gasteiger partial charge is 0.355 e. The van der Waals surface area contributed by atoms with Gasteiger partial charge in [0.1, 0.15) is 6.54 Å². The second kappa shape index (κ2) is 9.54. The molecule has 0 aliphatic carbocycles. The van der Waals surface area contributed by atoms with E-state index in [0.717, 1.165) is 5.56 Å². The molecule has 0 aliphatic rings. The maximum atomic E-state index is 12.8. The summed E-state index contributed by atoms with van der Waals surface area (Å²) in [4.78, 5) is 30.7. The van der Waals surface area contributed by atoms with E-state index < -0.39 is 5.91 Å². The van der Waals surface area contributed by atoms with Crippen molar-refractivity contribution in [3.63, 3.8) is 0 Å². The van der Waals surface area contributed by atoms with Gasteiger partial charge < -0.3 is 14.7 Å². The molecule has 0 fully saturated rings. The Labute approximate surface area is 177 Å². The van der Waals surface area contributed by atoms with E-state index in [1.807, 2.05) is 6.92 Å². The van der Waals surface area contributed by atoms with Crippen LogP contribution in [0.25, 0.3) is 11.3 Å². The molecular formula is C20H18Cl2N4O3. The third kappa shape index (κ3) is 5.34. The molecule has 1 aromatic carbocycles. The zero-order chi connectivity index (χ0) is 20.8. The van der Waals surface area contributed by atoms with Gasteiger partial charge in [-0.15, -0.1) is 0 Å². The number of amides is 2. The Kier molecular flexibility index (Phi) is 6.85. The minimum absolute atomic E-state index is 0.127. The summed E-state index contributed by atoms with van der Waals surface area (Å²) < 4.78 is 5.27. The number of nitrogens with one attached hydrogen (secondary N) is 1. The first-order valence-electron chi connectivity index (χ1n) is 8.89. The molecule has 0 unspecified atom stereocenters. The highest BCUT2D eigenvalue weighted by atomic mass is 35.5. The fourth-order valence-corrected chi connectivity index (χ4v) is 3.12. The van der Waals surface area contributed by atoms with Crippen molar-refractivity contribution >= 4 is 40.7 Å². The molecule has 150 valence electrons. The van der Waals surface area contributed by atoms with Crippen molar-refractivity contribution in [3.8, 4) is 11.3 Å². The fraction of sp³-hybridized carbons (Fsp3) is 0.200. The topological polar surface area (TPSA) is 88.3 Å². The number of pyridine rings is 1. The number of hydrogen-bond donors (Lipinski definition) is 1. The van der Waals surface area contributed by atoms with Gasteiger partial charge in [-0.2, -0.15) is 0 Å². The number of anilines is 1. The van der Waals surface area contributed by atoms with Crippen molar-refractivity contribution in [2.75, 3.05) is 18.4 Å². The van der Waals surface area contributed by atoms with Crippen molar-refractivity contribution in [2.24, 2.45) is 0 Å². The maximum Gasteiger partial charge on any atom is 0.276 e. The van der Waals surface area contributed by atoms with E-state index in [0.29, 0.717) is 34.5 Å². The predicted octanol–water partition coefficient (Wildman–Crippen LogP) is 4.53. The molecule has 0 spiro atoms. The number of aromatic nitrogens is 2. The van der Waals surface area contributed by atoms with Crippen molar-refractivity contribution in [3.05, 3.63) is 64.5 Å². The van der Waals surface area contributed by atoms with Gasteiger partial charge >= 0.3 is 0 Å². The van der Waals surface area contributed by atoms with Gasteiger partial charge in [0.25, 0.3) is 5.91 Å². The summed E-state index contributed by atoms with van der Waals surface area (Å²) in [5.41, 5.74) is 1.30. The Hall–Kier alpha value is -2.90. The smallest absolute Gasteiger partial charge is 0.276 e. The zero-order valence-corrected chi connectivity index (χ0v) is 17.1. The molecule has 0 radical (unpaired) electrons. The van der Waals surface area contributed by atoms with Crippen molar-refractivity contribution in [1.29, 1.82) is 0 Å². The van der Waals surface area contributed by atoms with Crippen LogP contribution in [0.4, 0.5) is 5.69 Å². The lowest BCUT2D eigenvalue weighted by Crippen LogP contribution is -2.38. The van der Waals surface area contributed by atoms with Gasteiger partial charge in [0.05, 0.1) is 10.7 Å². The van der Waals surface area contributed by atoms with E-state index in [4.69, 9.17) is 27.7 Å². The highest BCUT2D eigenvalue weighted by molar-refractivity contribution is 6.36. The molecule has 3 rings (SSSR count). The maximum absolute atomic E-state index is 12.8. The van der Waals surface area contributed by atoms with Gasteiger partial charge in [-0.3, -0.25) is 14.6 Å². The molecule has 9 heteroatoms. The standard InChI is InChI=1S/C20H18Cl2N4O3/c1-2-9-26(12-19(27)24-16-4-3-14(21)10-15(16)22)20(28)17-11-18(29-25-17)13-5-7-23-8-6-13/h3-8,10-11H,2,9,12H2,1H3,(H,24,27). The fourth-order valence-electron chi connectivity index (χ4n) is 2.67. The van der Waals surface area contributed by atoms with Gasteiger partial charge in [-0.1, -0.05) is 35.3 Å². The molecular weight excluding hydrogens is 415 g/mol. The second-order valence-electron chi connectivity index (χ2n) is 6.21. The van der Waals surface area contributed by atoms with Crippen LogP contribution in [0, 0.1) is 0 Å². The number of benzene rings is 1. The van der Waals surface area contributed by atoms with E-state index in [1.54, 1.807) is 42.7 Å². The van der Waals surface area contributed by atoms with Crippen LogP contribution < -0.4 is 5.32 Å². The van der Waals surface area contributed by atoms with E-state index in [2.05, 4.69) is 15.5 Å². The second-order valence-corrected chi connectivity index (χ2v) is 7.05. The number of nitrogens with zero attached hydrogens (tertiary/aromatic N) is 3. The summed E-state index contributed by atoms with van der Waals surface area (Å²) in [6.45, 7) is 2.15. The zero-order valence-electron chi connectivity index (χ0n) is 15.6. The van der Waals surface area contributed by atoms with Crippen LogP contribution in [0.15, 0.2) is 53.3 Å². The van der Waals surface area contributed by atoms with E-state index in [9.17, 15) is 9.59 Å². The summed E-state index contributed by atoms with van der Waals surface area (Å²) in [7, 11) is 0. The molecule has 2 amide bonds. The van der Waals surface area contributed by atoms with Crippen LogP contribution >= 0.6 is 23.2 Å². The van der Waals surface area contributed by atoms with Crippen LogP contribution in [-0.4, -0.2) is 39.9 Å². The van der Waals surface area contributed by atoms with Gasteiger partial charge in [0, 0.05) is 35.6 Å². The Morgan fingerprint density at radius 2 is 1.90 bits per heavy atom. The molecule has 0 saturated heterocycles. The molecule has 29 heavy (non-hydrogen) atoms. The van der Waals surface area contributed by atoms with Crippen LogP contribution in [0.5, 0.6) is 0 Å². The normalized spacial score (nSPS) is 10.6. The summed E-state index contributed by atoms with van der Waals surface area (Å²) in [6, 6.07) is 9.81. The molecule has 3 aromatic rings. The quantitative estimate of drug-likeness (QED) is 0.591. The lowest BCUT2D eigenvalue weighted by atomic mass is 10.2. The molecule has 0 aliphatic heterocycles. The Balaban J connectivity index is 1.71. The van der Waals surface area contributed by atoms with Crippen LogP contribution in [-0.2, 0) is 4.79 Å². The summed E-state index contributed by atoms with van der Waals surface area (Å²) >= 11 is 11.9. The number of hydrogen-bond acceptors (Lipinski definition) is 5. The number of carbonyl (C=O) groups excluding carboxylic acids is 2. The summed E-state index contributed by atoms with van der Waals surface area (Å²) in [6.07, 6.45) is 3.92. The predicted molar refractivity (Wildman–Crippen MR) is 111 cm³/mol. The Morgan fingerprint density at radius 3 is 2.59 bits per heavy atom. The molecule has 0 saturated carbocycles. The average Bonchev–Trinajstić information content (AvgIpc) is 3.20. The molecule has 1 N–H and O–H groups in total. The van der Waals surface area contributed by atoms with Crippen molar-refractivity contribution < 1.29 is 14.1 Å². The lowest BCUT2D eigenvalue weighted by Gasteiger charge is -2.20. The first kappa shape index (κ1) is 20.8. The van der Waals surface area contributed by atoms with Gasteiger partial charge in [-0.05, 0) is 36.8 Å². The van der Waals surface area contributed by atoms with Gasteiger partial charge in [0.15, 0.2) is 11.5 Å². The Bertz CT molecular complexity index is 1010. The molecule has 2 heterocycles. The van der Waals surface area contributed by atoms with Crippen molar-refractivity contribution in [1.82, 2.24) is 15.0 Å². The monoisotopic (exact) mass is 432 g/mol. The minimum atomic E-state index is -0.395. The average molecular weight is 433 g/mol. The summed E-state index contributed by atoms with van der Waals surface area (Å²) in [5, 5.41) is 7.33. The van der Waals surface area contributed by atoms with Crippen LogP contribution in [0.2, 0.25) is 10.0 Å². The van der Waals surface area contributed by atoms with Gasteiger partial charge in [-0.25, -0.2) is 0 Å². The van der Waals surface area contributed by atoms with Gasteiger partial charge in [0.2, 0.25) is 5.91 Å². The molecule has 0 bridgehead atoms. The highest BCUT2D eigenvalue weighted by Gasteiger charge is 2.22. The molecule has 7 nitrogen and oxygen atoms in total. The minimum Gasteiger partial charge on any atom is -0.355 e. The molecule has 0 atom stereocenters. The number of carbonyl (C=O) groups is 2. The first-order valence-corrected chi connectivity index (χ1v) is 9.64. The van der Waals surface area contributed by atoms with Crippen LogP contribution in [0.3, 0.4) is 0 Å². The Morgan fingerprint density at radius 1 is 1.14 bits per heavy atom.